The van der Waals surface area contributed by atoms with Gasteiger partial charge < -0.3 is 15.6 Å². The van der Waals surface area contributed by atoms with Crippen LogP contribution < -0.4 is 5.73 Å². The summed E-state index contributed by atoms with van der Waals surface area (Å²) in [6, 6.07) is 7.51. The van der Waals surface area contributed by atoms with Crippen LogP contribution in [0.2, 0.25) is 0 Å². The summed E-state index contributed by atoms with van der Waals surface area (Å²) in [4.78, 5) is 10.6. The fourth-order valence-corrected chi connectivity index (χ4v) is 2.33. The number of aliphatic carboxylic acids is 1. The predicted molar refractivity (Wildman–Crippen MR) is 68.4 cm³/mol. The largest absolute Gasteiger partial charge is 0.481 e. The molecule has 18 heavy (non-hydrogen) atoms. The first-order valence-corrected chi connectivity index (χ1v) is 6.14. The van der Waals surface area contributed by atoms with E-state index in [1.807, 2.05) is 24.3 Å². The first-order chi connectivity index (χ1) is 8.57. The van der Waals surface area contributed by atoms with Crippen molar-refractivity contribution in [3.8, 4) is 0 Å². The zero-order valence-corrected chi connectivity index (χ0v) is 10.6. The topological polar surface area (TPSA) is 72.5 Å². The quantitative estimate of drug-likeness (QED) is 0.807. The Balaban J connectivity index is 2.08. The molecule has 0 spiro atoms. The van der Waals surface area contributed by atoms with E-state index >= 15 is 0 Å². The van der Waals surface area contributed by atoms with Gasteiger partial charge in [-0.3, -0.25) is 4.79 Å². The van der Waals surface area contributed by atoms with Crippen LogP contribution in [0, 0.1) is 0 Å². The van der Waals surface area contributed by atoms with E-state index in [9.17, 15) is 4.79 Å². The van der Waals surface area contributed by atoms with E-state index in [1.165, 1.54) is 5.56 Å². The van der Waals surface area contributed by atoms with Gasteiger partial charge in [-0.15, -0.1) is 0 Å². The third-order valence-electron chi connectivity index (χ3n) is 3.62. The van der Waals surface area contributed by atoms with Gasteiger partial charge in [0.2, 0.25) is 0 Å². The number of carboxylic acid groups (broad SMARTS) is 1. The molecule has 1 saturated carbocycles. The summed E-state index contributed by atoms with van der Waals surface area (Å²) in [6.45, 7) is 0.744. The first kappa shape index (κ1) is 13.1. The van der Waals surface area contributed by atoms with Crippen LogP contribution in [0.4, 0.5) is 0 Å². The Bertz CT molecular complexity index is 423. The van der Waals surface area contributed by atoms with Crippen LogP contribution in [0.15, 0.2) is 24.3 Å². The van der Waals surface area contributed by atoms with Crippen LogP contribution in [-0.4, -0.2) is 24.8 Å². The van der Waals surface area contributed by atoms with Crippen molar-refractivity contribution in [2.24, 2.45) is 5.73 Å². The van der Waals surface area contributed by atoms with Gasteiger partial charge in [0.05, 0.1) is 13.0 Å². The highest BCUT2D eigenvalue weighted by Gasteiger charge is 2.44. The van der Waals surface area contributed by atoms with E-state index in [2.05, 4.69) is 0 Å². The molecule has 1 aromatic rings. The van der Waals surface area contributed by atoms with Crippen LogP contribution in [0.5, 0.6) is 0 Å². The summed E-state index contributed by atoms with van der Waals surface area (Å²) in [5.41, 5.74) is 8.14. The van der Waals surface area contributed by atoms with E-state index in [-0.39, 0.29) is 11.8 Å². The van der Waals surface area contributed by atoms with E-state index in [4.69, 9.17) is 15.6 Å². The van der Waals surface area contributed by atoms with Crippen LogP contribution in [0.25, 0.3) is 0 Å². The number of benzene rings is 1. The molecule has 4 nitrogen and oxygen atoms in total. The van der Waals surface area contributed by atoms with Gasteiger partial charge >= 0.3 is 5.97 Å². The van der Waals surface area contributed by atoms with E-state index in [0.29, 0.717) is 0 Å². The molecular formula is C14H19NO3. The Morgan fingerprint density at radius 1 is 1.44 bits per heavy atom. The molecule has 3 N–H and O–H groups in total. The highest BCUT2D eigenvalue weighted by molar-refractivity contribution is 5.67. The molecular weight excluding hydrogens is 230 g/mol. The summed E-state index contributed by atoms with van der Waals surface area (Å²) in [5, 5.41) is 8.71. The minimum Gasteiger partial charge on any atom is -0.481 e. The Kier molecular flexibility index (Phi) is 3.68. The second-order valence-electron chi connectivity index (χ2n) is 5.04. The van der Waals surface area contributed by atoms with E-state index in [0.717, 1.165) is 25.0 Å². The van der Waals surface area contributed by atoms with Crippen molar-refractivity contribution in [3.63, 3.8) is 0 Å². The van der Waals surface area contributed by atoms with Gasteiger partial charge in [0.25, 0.3) is 0 Å². The monoisotopic (exact) mass is 249 g/mol. The second kappa shape index (κ2) is 5.08. The Hall–Kier alpha value is -1.39. The van der Waals surface area contributed by atoms with E-state index < -0.39 is 12.0 Å². The molecule has 1 aliphatic carbocycles. The fraction of sp³-hybridized carbons (Fsp3) is 0.500. The molecule has 0 aromatic heterocycles. The van der Waals surface area contributed by atoms with Crippen LogP contribution in [-0.2, 0) is 14.9 Å². The van der Waals surface area contributed by atoms with Crippen molar-refractivity contribution in [1.82, 2.24) is 0 Å². The third kappa shape index (κ3) is 2.71. The molecule has 0 amide bonds. The lowest BCUT2D eigenvalue weighted by molar-refractivity contribution is -0.137. The Morgan fingerprint density at radius 2 is 2.06 bits per heavy atom. The summed E-state index contributed by atoms with van der Waals surface area (Å²) in [5.74, 6) is -0.871. The third-order valence-corrected chi connectivity index (χ3v) is 3.62. The standard InChI is InChI=1S/C14H19NO3/c1-18-9-14(6-7-14)11-4-2-10(3-5-11)12(15)8-13(16)17/h2-5,12H,6-9,15H2,1H3,(H,16,17). The molecule has 1 atom stereocenters. The lowest BCUT2D eigenvalue weighted by Gasteiger charge is -2.16. The molecule has 1 aromatic carbocycles. The molecule has 1 fully saturated rings. The maximum Gasteiger partial charge on any atom is 0.305 e. The molecule has 1 unspecified atom stereocenters. The molecule has 2 rings (SSSR count). The summed E-state index contributed by atoms with van der Waals surface area (Å²) >= 11 is 0. The molecule has 0 aliphatic heterocycles. The number of hydrogen-bond acceptors (Lipinski definition) is 3. The molecule has 0 heterocycles. The minimum atomic E-state index is -0.871. The van der Waals surface area contributed by atoms with Crippen LogP contribution in [0.1, 0.15) is 36.4 Å². The van der Waals surface area contributed by atoms with Crippen molar-refractivity contribution >= 4 is 5.97 Å². The molecule has 98 valence electrons. The molecule has 4 heteroatoms. The number of carboxylic acids is 1. The van der Waals surface area contributed by atoms with E-state index in [1.54, 1.807) is 7.11 Å². The minimum absolute atomic E-state index is 0.0391. The molecule has 0 radical (unpaired) electrons. The smallest absolute Gasteiger partial charge is 0.305 e. The van der Waals surface area contributed by atoms with Gasteiger partial charge in [-0.25, -0.2) is 0 Å². The second-order valence-corrected chi connectivity index (χ2v) is 5.04. The number of nitrogens with two attached hydrogens (primary N) is 1. The highest BCUT2D eigenvalue weighted by Crippen LogP contribution is 2.48. The normalized spacial score (nSPS) is 18.3. The lowest BCUT2D eigenvalue weighted by atomic mass is 9.94. The first-order valence-electron chi connectivity index (χ1n) is 6.14. The average molecular weight is 249 g/mol. The Morgan fingerprint density at radius 3 is 2.50 bits per heavy atom. The fourth-order valence-electron chi connectivity index (χ4n) is 2.33. The van der Waals surface area contributed by atoms with Gasteiger partial charge in [-0.1, -0.05) is 24.3 Å². The summed E-state index contributed by atoms with van der Waals surface area (Å²) in [6.07, 6.45) is 2.27. The highest BCUT2D eigenvalue weighted by atomic mass is 16.5. The van der Waals surface area contributed by atoms with Gasteiger partial charge in [-0.2, -0.15) is 0 Å². The van der Waals surface area contributed by atoms with Gasteiger partial charge in [0.1, 0.15) is 0 Å². The zero-order chi connectivity index (χ0) is 13.2. The van der Waals surface area contributed by atoms with Crippen molar-refractivity contribution in [2.45, 2.75) is 30.7 Å². The molecule has 1 aliphatic rings. The van der Waals surface area contributed by atoms with Crippen molar-refractivity contribution in [3.05, 3.63) is 35.4 Å². The number of hydrogen-bond donors (Lipinski definition) is 2. The summed E-state index contributed by atoms with van der Waals surface area (Å²) < 4.78 is 5.25. The SMILES string of the molecule is COCC1(c2ccc(C(N)CC(=O)O)cc2)CC1. The maximum atomic E-state index is 10.6. The maximum absolute atomic E-state index is 10.6. The van der Waals surface area contributed by atoms with Crippen molar-refractivity contribution in [2.75, 3.05) is 13.7 Å². The number of ether oxygens (including phenoxy) is 1. The van der Waals surface area contributed by atoms with Crippen molar-refractivity contribution < 1.29 is 14.6 Å². The predicted octanol–water partition coefficient (Wildman–Crippen LogP) is 1.84. The summed E-state index contributed by atoms with van der Waals surface area (Å²) in [7, 11) is 1.72. The van der Waals surface area contributed by atoms with Crippen LogP contribution >= 0.6 is 0 Å². The zero-order valence-electron chi connectivity index (χ0n) is 10.6. The lowest BCUT2D eigenvalue weighted by Crippen LogP contribution is -2.16. The number of rotatable bonds is 6. The van der Waals surface area contributed by atoms with Gasteiger partial charge in [0.15, 0.2) is 0 Å². The van der Waals surface area contributed by atoms with Crippen LogP contribution in [0.3, 0.4) is 0 Å². The number of methoxy groups -OCH3 is 1. The molecule has 0 saturated heterocycles. The average Bonchev–Trinajstić information content (AvgIpc) is 3.10. The Labute approximate surface area is 107 Å². The number of carbonyl (C=O) groups is 1. The van der Waals surface area contributed by atoms with Gasteiger partial charge in [-0.05, 0) is 24.0 Å². The molecule has 0 bridgehead atoms. The van der Waals surface area contributed by atoms with Gasteiger partial charge in [0, 0.05) is 18.6 Å². The van der Waals surface area contributed by atoms with Crippen molar-refractivity contribution in [1.29, 1.82) is 0 Å².